The Morgan fingerprint density at radius 2 is 1.78 bits per heavy atom. The lowest BCUT2D eigenvalue weighted by molar-refractivity contribution is 0.571. The van der Waals surface area contributed by atoms with Crippen LogP contribution in [0.4, 0.5) is 5.69 Å². The maximum atomic E-state index is 12.2. The summed E-state index contributed by atoms with van der Waals surface area (Å²) in [5.41, 5.74) is 0.548. The van der Waals surface area contributed by atoms with E-state index in [0.717, 1.165) is 31.6 Å². The predicted octanol–water partition coefficient (Wildman–Crippen LogP) is 1.32. The monoisotopic (exact) mass is 333 g/mol. The van der Waals surface area contributed by atoms with E-state index in [9.17, 15) is 13.2 Å². The third-order valence-corrected chi connectivity index (χ3v) is 5.71. The normalized spacial score (nSPS) is 15.0. The number of sulfone groups is 1. The van der Waals surface area contributed by atoms with E-state index >= 15 is 0 Å². The predicted molar refractivity (Wildman–Crippen MR) is 88.4 cm³/mol. The zero-order valence-electron chi connectivity index (χ0n) is 12.8. The minimum Gasteiger partial charge on any atom is -0.370 e. The Labute approximate surface area is 135 Å². The summed E-state index contributed by atoms with van der Waals surface area (Å²) >= 11 is 0. The zero-order chi connectivity index (χ0) is 16.3. The first-order valence-corrected chi connectivity index (χ1v) is 9.31. The van der Waals surface area contributed by atoms with Gasteiger partial charge in [-0.3, -0.25) is 4.79 Å². The summed E-state index contributed by atoms with van der Waals surface area (Å²) in [5, 5.41) is 4.12. The van der Waals surface area contributed by atoms with Crippen molar-refractivity contribution in [2.45, 2.75) is 24.3 Å². The second kappa shape index (κ2) is 6.54. The molecule has 1 aromatic carbocycles. The highest BCUT2D eigenvalue weighted by atomic mass is 32.2. The molecule has 0 radical (unpaired) electrons. The fourth-order valence-corrected chi connectivity index (χ4v) is 3.91. The van der Waals surface area contributed by atoms with Crippen LogP contribution in [0.15, 0.2) is 52.3 Å². The van der Waals surface area contributed by atoms with Gasteiger partial charge in [0.05, 0.1) is 29.1 Å². The minimum atomic E-state index is -3.41. The van der Waals surface area contributed by atoms with Crippen LogP contribution in [0, 0.1) is 0 Å². The topological polar surface area (TPSA) is 72.3 Å². The van der Waals surface area contributed by atoms with E-state index in [2.05, 4.69) is 10.00 Å². The molecule has 0 spiro atoms. The van der Waals surface area contributed by atoms with Crippen molar-refractivity contribution >= 4 is 15.5 Å². The van der Waals surface area contributed by atoms with Gasteiger partial charge in [-0.2, -0.15) is 5.10 Å². The first-order chi connectivity index (χ1) is 11.1. The second-order valence-corrected chi connectivity index (χ2v) is 7.71. The van der Waals surface area contributed by atoms with E-state index in [1.807, 2.05) is 0 Å². The number of anilines is 1. The van der Waals surface area contributed by atoms with Crippen LogP contribution < -0.4 is 10.5 Å². The molecule has 2 heterocycles. The summed E-state index contributed by atoms with van der Waals surface area (Å²) in [5.74, 6) is -0.146. The van der Waals surface area contributed by atoms with Gasteiger partial charge in [0.15, 0.2) is 9.84 Å². The number of hydrogen-bond acceptors (Lipinski definition) is 5. The molecule has 2 aromatic rings. The SMILES string of the molecule is O=c1cc(N2CCCC2)cnn1CCS(=O)(=O)c1ccccc1. The molecule has 23 heavy (non-hydrogen) atoms. The number of aryl methyl sites for hydroxylation is 1. The molecule has 1 fully saturated rings. The van der Waals surface area contributed by atoms with Crippen molar-refractivity contribution in [3.05, 3.63) is 52.9 Å². The highest BCUT2D eigenvalue weighted by Gasteiger charge is 2.16. The molecule has 0 amide bonds. The first kappa shape index (κ1) is 15.7. The van der Waals surface area contributed by atoms with E-state index in [-0.39, 0.29) is 22.8 Å². The van der Waals surface area contributed by atoms with Gasteiger partial charge in [0.25, 0.3) is 5.56 Å². The highest BCUT2D eigenvalue weighted by Crippen LogP contribution is 2.17. The van der Waals surface area contributed by atoms with Crippen LogP contribution in [0.3, 0.4) is 0 Å². The Bertz CT molecular complexity index is 825. The van der Waals surface area contributed by atoms with Gasteiger partial charge >= 0.3 is 0 Å². The number of hydrogen-bond donors (Lipinski definition) is 0. The maximum Gasteiger partial charge on any atom is 0.268 e. The van der Waals surface area contributed by atoms with Crippen LogP contribution in [0.5, 0.6) is 0 Å². The molecule has 1 aliphatic heterocycles. The van der Waals surface area contributed by atoms with Crippen LogP contribution in [0.2, 0.25) is 0 Å². The fourth-order valence-electron chi connectivity index (χ4n) is 2.69. The Kier molecular flexibility index (Phi) is 4.47. The van der Waals surface area contributed by atoms with Gasteiger partial charge in [0, 0.05) is 19.2 Å². The van der Waals surface area contributed by atoms with E-state index in [0.29, 0.717) is 0 Å². The largest absolute Gasteiger partial charge is 0.370 e. The summed E-state index contributed by atoms with van der Waals surface area (Å²) < 4.78 is 25.7. The molecule has 0 unspecified atom stereocenters. The summed E-state index contributed by atoms with van der Waals surface area (Å²) in [6.45, 7) is 1.93. The average Bonchev–Trinajstić information content (AvgIpc) is 3.09. The fraction of sp³-hybridized carbons (Fsp3) is 0.375. The van der Waals surface area contributed by atoms with Crippen molar-refractivity contribution in [2.75, 3.05) is 23.7 Å². The van der Waals surface area contributed by atoms with E-state index < -0.39 is 9.84 Å². The maximum absolute atomic E-state index is 12.2. The molecule has 122 valence electrons. The van der Waals surface area contributed by atoms with Crippen LogP contribution in [0.1, 0.15) is 12.8 Å². The lowest BCUT2D eigenvalue weighted by Crippen LogP contribution is -2.28. The molecule has 7 heteroatoms. The molecule has 1 aromatic heterocycles. The lowest BCUT2D eigenvalue weighted by atomic mass is 10.4. The van der Waals surface area contributed by atoms with Crippen molar-refractivity contribution in [3.63, 3.8) is 0 Å². The summed E-state index contributed by atoms with van der Waals surface area (Å²) in [7, 11) is -3.41. The molecule has 0 bridgehead atoms. The number of benzene rings is 1. The van der Waals surface area contributed by atoms with Crippen molar-refractivity contribution in [3.8, 4) is 0 Å². The van der Waals surface area contributed by atoms with Gasteiger partial charge in [-0.25, -0.2) is 13.1 Å². The Hall–Kier alpha value is -2.15. The molecule has 0 atom stereocenters. The Morgan fingerprint density at radius 3 is 2.43 bits per heavy atom. The zero-order valence-corrected chi connectivity index (χ0v) is 13.6. The number of aromatic nitrogens is 2. The summed E-state index contributed by atoms with van der Waals surface area (Å²) in [6, 6.07) is 9.78. The molecule has 0 aliphatic carbocycles. The van der Waals surface area contributed by atoms with Gasteiger partial charge in [0.2, 0.25) is 0 Å². The molecule has 6 nitrogen and oxygen atoms in total. The Balaban J connectivity index is 1.72. The van der Waals surface area contributed by atoms with Crippen molar-refractivity contribution in [2.24, 2.45) is 0 Å². The molecule has 1 aliphatic rings. The van der Waals surface area contributed by atoms with Crippen molar-refractivity contribution < 1.29 is 8.42 Å². The van der Waals surface area contributed by atoms with E-state index in [1.54, 1.807) is 36.5 Å². The molecule has 0 N–H and O–H groups in total. The smallest absolute Gasteiger partial charge is 0.268 e. The molecule has 3 rings (SSSR count). The van der Waals surface area contributed by atoms with Crippen LogP contribution >= 0.6 is 0 Å². The van der Waals surface area contributed by atoms with E-state index in [1.165, 1.54) is 10.7 Å². The van der Waals surface area contributed by atoms with Gasteiger partial charge in [-0.1, -0.05) is 18.2 Å². The number of nitrogens with zero attached hydrogens (tertiary/aromatic N) is 3. The second-order valence-electron chi connectivity index (χ2n) is 5.60. The van der Waals surface area contributed by atoms with Crippen molar-refractivity contribution in [1.82, 2.24) is 9.78 Å². The van der Waals surface area contributed by atoms with Gasteiger partial charge in [0.1, 0.15) is 0 Å². The van der Waals surface area contributed by atoms with Gasteiger partial charge in [-0.15, -0.1) is 0 Å². The molecular formula is C16H19N3O3S. The van der Waals surface area contributed by atoms with Crippen molar-refractivity contribution in [1.29, 1.82) is 0 Å². The number of rotatable bonds is 5. The van der Waals surface area contributed by atoms with Gasteiger partial charge in [-0.05, 0) is 25.0 Å². The van der Waals surface area contributed by atoms with Crippen LogP contribution in [-0.4, -0.2) is 37.0 Å². The minimum absolute atomic E-state index is 0.0519. The molecule has 1 saturated heterocycles. The quantitative estimate of drug-likeness (QED) is 0.825. The standard InChI is InChI=1S/C16H19N3O3S/c20-16-12-14(18-8-4-5-9-18)13-17-19(16)10-11-23(21,22)15-6-2-1-3-7-15/h1-3,6-7,12-13H,4-5,8-11H2. The van der Waals surface area contributed by atoms with Crippen LogP contribution in [-0.2, 0) is 16.4 Å². The Morgan fingerprint density at radius 1 is 1.09 bits per heavy atom. The highest BCUT2D eigenvalue weighted by molar-refractivity contribution is 7.91. The third kappa shape index (κ3) is 3.61. The van der Waals surface area contributed by atoms with Crippen LogP contribution in [0.25, 0.3) is 0 Å². The molecular weight excluding hydrogens is 314 g/mol. The lowest BCUT2D eigenvalue weighted by Gasteiger charge is -2.17. The molecule has 0 saturated carbocycles. The van der Waals surface area contributed by atoms with E-state index in [4.69, 9.17) is 0 Å². The summed E-state index contributed by atoms with van der Waals surface area (Å²) in [4.78, 5) is 14.5. The summed E-state index contributed by atoms with van der Waals surface area (Å²) in [6.07, 6.45) is 3.89. The first-order valence-electron chi connectivity index (χ1n) is 7.66. The third-order valence-electron chi connectivity index (χ3n) is 4.00. The average molecular weight is 333 g/mol. The van der Waals surface area contributed by atoms with Gasteiger partial charge < -0.3 is 4.90 Å².